The van der Waals surface area contributed by atoms with E-state index in [9.17, 15) is 17.6 Å². The highest BCUT2D eigenvalue weighted by Gasteiger charge is 2.31. The van der Waals surface area contributed by atoms with Crippen LogP contribution in [0.25, 0.3) is 5.78 Å². The number of fused-ring (bicyclic) bond motifs is 1. The molecule has 0 saturated carbocycles. The molecular weight excluding hydrogens is 385 g/mol. The Bertz CT molecular complexity index is 1150. The summed E-state index contributed by atoms with van der Waals surface area (Å²) in [5.41, 5.74) is 0.573. The zero-order chi connectivity index (χ0) is 19.9. The number of sulfone groups is 1. The molecule has 1 aromatic carbocycles. The highest BCUT2D eigenvalue weighted by molar-refractivity contribution is 7.90. The second kappa shape index (κ2) is 6.93. The van der Waals surface area contributed by atoms with E-state index < -0.39 is 15.7 Å². The fourth-order valence-electron chi connectivity index (χ4n) is 3.60. The third-order valence-corrected chi connectivity index (χ3v) is 6.09. The quantitative estimate of drug-likeness (QED) is 0.660. The number of hydrogen-bond donors (Lipinski definition) is 0. The fourth-order valence-corrected chi connectivity index (χ4v) is 4.48. The summed E-state index contributed by atoms with van der Waals surface area (Å²) in [6.45, 7) is 0.777. The summed E-state index contributed by atoms with van der Waals surface area (Å²) in [5.74, 6) is -0.721. The summed E-state index contributed by atoms with van der Waals surface area (Å²) in [5, 5.41) is 4.13. The Morgan fingerprint density at radius 2 is 1.89 bits per heavy atom. The number of carbonyl (C=O) groups is 1. The minimum Gasteiger partial charge on any atom is -0.339 e. The molecule has 0 spiro atoms. The largest absolute Gasteiger partial charge is 0.339 e. The standard InChI is InChI=1S/C18H18FN5O3S/c1-28(26,27)15-10-20-18-21-11-22-24(18)16(15)12-6-8-23(9-7-12)17(25)13-4-2-3-5-14(13)19/h2-5,10-12H,6-9H2,1H3. The molecule has 3 aromatic rings. The van der Waals surface area contributed by atoms with Crippen LogP contribution >= 0.6 is 0 Å². The molecule has 1 amide bonds. The van der Waals surface area contributed by atoms with Crippen LogP contribution < -0.4 is 0 Å². The molecule has 1 saturated heterocycles. The molecule has 8 nitrogen and oxygen atoms in total. The van der Waals surface area contributed by atoms with Gasteiger partial charge in [-0.2, -0.15) is 14.6 Å². The van der Waals surface area contributed by atoms with Gasteiger partial charge >= 0.3 is 0 Å². The number of hydrogen-bond acceptors (Lipinski definition) is 6. The average Bonchev–Trinajstić information content (AvgIpc) is 3.15. The van der Waals surface area contributed by atoms with E-state index in [0.29, 0.717) is 37.4 Å². The van der Waals surface area contributed by atoms with E-state index >= 15 is 0 Å². The van der Waals surface area contributed by atoms with E-state index in [1.165, 1.54) is 35.2 Å². The minimum atomic E-state index is -3.51. The molecule has 146 valence electrons. The number of nitrogens with zero attached hydrogens (tertiary/aromatic N) is 5. The Labute approximate surface area is 160 Å². The number of aromatic nitrogens is 4. The van der Waals surface area contributed by atoms with Gasteiger partial charge in [-0.3, -0.25) is 4.79 Å². The molecule has 0 atom stereocenters. The van der Waals surface area contributed by atoms with Gasteiger partial charge in [-0.1, -0.05) is 12.1 Å². The van der Waals surface area contributed by atoms with Crippen LogP contribution in [0.4, 0.5) is 4.39 Å². The molecule has 4 rings (SSSR count). The topological polar surface area (TPSA) is 97.5 Å². The molecule has 0 aliphatic carbocycles. The van der Waals surface area contributed by atoms with Crippen molar-refractivity contribution in [2.24, 2.45) is 0 Å². The smallest absolute Gasteiger partial charge is 0.256 e. The average molecular weight is 403 g/mol. The lowest BCUT2D eigenvalue weighted by Gasteiger charge is -2.32. The van der Waals surface area contributed by atoms with Gasteiger partial charge in [0.15, 0.2) is 9.84 Å². The van der Waals surface area contributed by atoms with Crippen molar-refractivity contribution >= 4 is 21.5 Å². The number of carbonyl (C=O) groups excluding carboxylic acids is 1. The molecule has 28 heavy (non-hydrogen) atoms. The van der Waals surface area contributed by atoms with Gasteiger partial charge in [0.2, 0.25) is 0 Å². The Hall–Kier alpha value is -2.88. The first-order valence-corrected chi connectivity index (χ1v) is 10.7. The summed E-state index contributed by atoms with van der Waals surface area (Å²) < 4.78 is 39.9. The second-order valence-electron chi connectivity index (χ2n) is 6.80. The van der Waals surface area contributed by atoms with E-state index in [0.717, 1.165) is 6.26 Å². The first kappa shape index (κ1) is 18.5. The molecule has 10 heteroatoms. The van der Waals surface area contributed by atoms with Crippen LogP contribution in [0.5, 0.6) is 0 Å². The lowest BCUT2D eigenvalue weighted by molar-refractivity contribution is 0.0706. The van der Waals surface area contributed by atoms with Crippen molar-refractivity contribution < 1.29 is 17.6 Å². The zero-order valence-corrected chi connectivity index (χ0v) is 15.9. The van der Waals surface area contributed by atoms with Gasteiger partial charge in [-0.25, -0.2) is 17.8 Å². The highest BCUT2D eigenvalue weighted by Crippen LogP contribution is 2.32. The number of amides is 1. The van der Waals surface area contributed by atoms with Crippen LogP contribution in [-0.4, -0.2) is 58.2 Å². The molecule has 1 fully saturated rings. The maximum Gasteiger partial charge on any atom is 0.256 e. The normalized spacial score (nSPS) is 15.9. The molecule has 2 aromatic heterocycles. The molecule has 1 aliphatic rings. The Kier molecular flexibility index (Phi) is 4.58. The van der Waals surface area contributed by atoms with E-state index in [4.69, 9.17) is 0 Å². The molecule has 0 radical (unpaired) electrons. The van der Waals surface area contributed by atoms with Gasteiger partial charge in [-0.15, -0.1) is 0 Å². The van der Waals surface area contributed by atoms with Crippen molar-refractivity contribution in [3.8, 4) is 0 Å². The van der Waals surface area contributed by atoms with E-state index in [-0.39, 0.29) is 22.3 Å². The van der Waals surface area contributed by atoms with Crippen molar-refractivity contribution in [1.82, 2.24) is 24.5 Å². The maximum atomic E-state index is 13.9. The van der Waals surface area contributed by atoms with Crippen molar-refractivity contribution in [3.05, 3.63) is 53.9 Å². The maximum absolute atomic E-state index is 13.9. The highest BCUT2D eigenvalue weighted by atomic mass is 32.2. The predicted molar refractivity (Wildman–Crippen MR) is 98.2 cm³/mol. The summed E-state index contributed by atoms with van der Waals surface area (Å²) in [6, 6.07) is 5.89. The third kappa shape index (κ3) is 3.24. The van der Waals surface area contributed by atoms with Crippen molar-refractivity contribution in [2.45, 2.75) is 23.7 Å². The van der Waals surface area contributed by atoms with E-state index in [1.807, 2.05) is 0 Å². The summed E-state index contributed by atoms with van der Waals surface area (Å²) in [6.07, 6.45) is 4.83. The Morgan fingerprint density at radius 3 is 2.57 bits per heavy atom. The summed E-state index contributed by atoms with van der Waals surface area (Å²) in [4.78, 5) is 22.4. The number of piperidine rings is 1. The van der Waals surface area contributed by atoms with Crippen molar-refractivity contribution in [1.29, 1.82) is 0 Å². The van der Waals surface area contributed by atoms with Crippen LogP contribution in [0.15, 0.2) is 41.7 Å². The third-order valence-electron chi connectivity index (χ3n) is 4.98. The number of likely N-dealkylation sites (tertiary alicyclic amines) is 1. The molecule has 0 bridgehead atoms. The van der Waals surface area contributed by atoms with Crippen molar-refractivity contribution in [2.75, 3.05) is 19.3 Å². The number of rotatable bonds is 3. The van der Waals surface area contributed by atoms with Gasteiger partial charge in [0, 0.05) is 25.3 Å². The van der Waals surface area contributed by atoms with Gasteiger partial charge < -0.3 is 4.90 Å². The minimum absolute atomic E-state index is 0.0420. The summed E-state index contributed by atoms with van der Waals surface area (Å²) >= 11 is 0. The Balaban J connectivity index is 1.62. The van der Waals surface area contributed by atoms with Gasteiger partial charge in [0.1, 0.15) is 17.0 Å². The SMILES string of the molecule is CS(=O)(=O)c1cnc2ncnn2c1C1CCN(C(=O)c2ccccc2F)CC1. The molecule has 1 aliphatic heterocycles. The van der Waals surface area contributed by atoms with E-state index in [1.54, 1.807) is 11.0 Å². The lowest BCUT2D eigenvalue weighted by Crippen LogP contribution is -2.39. The fraction of sp³-hybridized carbons (Fsp3) is 0.333. The van der Waals surface area contributed by atoms with E-state index in [2.05, 4.69) is 15.1 Å². The van der Waals surface area contributed by atoms with Crippen molar-refractivity contribution in [3.63, 3.8) is 0 Å². The van der Waals surface area contributed by atoms with Crippen LogP contribution in [-0.2, 0) is 9.84 Å². The monoisotopic (exact) mass is 403 g/mol. The zero-order valence-electron chi connectivity index (χ0n) is 15.1. The first-order valence-electron chi connectivity index (χ1n) is 8.79. The van der Waals surface area contributed by atoms with Crippen LogP contribution in [0.3, 0.4) is 0 Å². The molecular formula is C18H18FN5O3S. The van der Waals surface area contributed by atoms with Gasteiger partial charge in [-0.05, 0) is 25.0 Å². The second-order valence-corrected chi connectivity index (χ2v) is 8.78. The van der Waals surface area contributed by atoms with Crippen LogP contribution in [0.1, 0.15) is 34.8 Å². The molecule has 3 heterocycles. The molecule has 0 unspecified atom stereocenters. The lowest BCUT2D eigenvalue weighted by atomic mass is 9.92. The summed E-state index contributed by atoms with van der Waals surface area (Å²) in [7, 11) is -3.51. The Morgan fingerprint density at radius 1 is 1.18 bits per heavy atom. The number of halogens is 1. The van der Waals surface area contributed by atoms with Crippen LogP contribution in [0.2, 0.25) is 0 Å². The van der Waals surface area contributed by atoms with Crippen LogP contribution in [0, 0.1) is 5.82 Å². The number of benzene rings is 1. The molecule has 0 N–H and O–H groups in total. The van der Waals surface area contributed by atoms with Gasteiger partial charge in [0.25, 0.3) is 11.7 Å². The first-order chi connectivity index (χ1) is 13.4. The van der Waals surface area contributed by atoms with Gasteiger partial charge in [0.05, 0.1) is 17.5 Å². The predicted octanol–water partition coefficient (Wildman–Crippen LogP) is 1.69.